The van der Waals surface area contributed by atoms with Gasteiger partial charge < -0.3 is 19.9 Å². The molecule has 4 rings (SSSR count). The number of ether oxygens (including phenoxy) is 1. The minimum atomic E-state index is -0.244. The first-order valence-corrected chi connectivity index (χ1v) is 11.3. The second-order valence-corrected chi connectivity index (χ2v) is 8.65. The molecule has 31 heavy (non-hydrogen) atoms. The number of hydrogen-bond acceptors (Lipinski definition) is 4. The number of fused-ring (bicyclic) bond motifs is 1. The molecule has 6 heteroatoms. The number of aryl methyl sites for hydroxylation is 1. The van der Waals surface area contributed by atoms with E-state index in [0.29, 0.717) is 26.1 Å². The first kappa shape index (κ1) is 21.6. The first-order valence-electron chi connectivity index (χ1n) is 11.3. The van der Waals surface area contributed by atoms with Crippen LogP contribution in [0.5, 0.6) is 5.75 Å². The van der Waals surface area contributed by atoms with Gasteiger partial charge in [-0.15, -0.1) is 0 Å². The SMILES string of the molecule is Cc1ccc2c(c1)OC[C@@H](CC(=O)NCCCN1CCCC1)N2Cc1ccc(F)cc1. The van der Waals surface area contributed by atoms with E-state index in [2.05, 4.69) is 21.2 Å². The third-order valence-corrected chi connectivity index (χ3v) is 6.16. The van der Waals surface area contributed by atoms with Gasteiger partial charge in [0.15, 0.2) is 0 Å². The van der Waals surface area contributed by atoms with Gasteiger partial charge in [0, 0.05) is 13.1 Å². The van der Waals surface area contributed by atoms with Gasteiger partial charge >= 0.3 is 0 Å². The molecule has 0 aromatic heterocycles. The lowest BCUT2D eigenvalue weighted by Gasteiger charge is -2.38. The Morgan fingerprint density at radius 3 is 2.71 bits per heavy atom. The number of halogens is 1. The van der Waals surface area contributed by atoms with Crippen LogP contribution in [0.3, 0.4) is 0 Å². The van der Waals surface area contributed by atoms with Crippen molar-refractivity contribution < 1.29 is 13.9 Å². The number of carbonyl (C=O) groups is 1. The summed E-state index contributed by atoms with van der Waals surface area (Å²) in [6.45, 7) is 7.23. The van der Waals surface area contributed by atoms with Gasteiger partial charge in [-0.05, 0) is 81.2 Å². The van der Waals surface area contributed by atoms with E-state index < -0.39 is 0 Å². The van der Waals surface area contributed by atoms with Gasteiger partial charge in [-0.2, -0.15) is 0 Å². The maximum Gasteiger partial charge on any atom is 0.222 e. The summed E-state index contributed by atoms with van der Waals surface area (Å²) >= 11 is 0. The second kappa shape index (κ2) is 10.1. The summed E-state index contributed by atoms with van der Waals surface area (Å²) in [4.78, 5) is 17.3. The number of anilines is 1. The Hall–Kier alpha value is -2.60. The van der Waals surface area contributed by atoms with Crippen LogP contribution in [0.4, 0.5) is 10.1 Å². The quantitative estimate of drug-likeness (QED) is 0.652. The predicted octanol–water partition coefficient (Wildman–Crippen LogP) is 3.89. The fourth-order valence-electron chi connectivity index (χ4n) is 4.44. The Labute approximate surface area is 184 Å². The lowest BCUT2D eigenvalue weighted by Crippen LogP contribution is -2.45. The van der Waals surface area contributed by atoms with Gasteiger partial charge in [0.05, 0.1) is 18.2 Å². The molecule has 2 aromatic rings. The molecule has 1 saturated heterocycles. The first-order chi connectivity index (χ1) is 15.1. The summed E-state index contributed by atoms with van der Waals surface area (Å²) in [7, 11) is 0. The van der Waals surface area contributed by atoms with Gasteiger partial charge in [-0.3, -0.25) is 4.79 Å². The van der Waals surface area contributed by atoms with Crippen LogP contribution in [0.15, 0.2) is 42.5 Å². The Morgan fingerprint density at radius 1 is 1.16 bits per heavy atom. The molecule has 1 N–H and O–H groups in total. The van der Waals surface area contributed by atoms with Crippen LogP contribution in [-0.4, -0.2) is 49.6 Å². The maximum atomic E-state index is 13.4. The molecule has 166 valence electrons. The van der Waals surface area contributed by atoms with Crippen LogP contribution in [0.25, 0.3) is 0 Å². The largest absolute Gasteiger partial charge is 0.489 e. The predicted molar refractivity (Wildman–Crippen MR) is 121 cm³/mol. The normalized spacial score (nSPS) is 18.5. The van der Waals surface area contributed by atoms with Crippen LogP contribution in [0, 0.1) is 12.7 Å². The molecular weight excluding hydrogens is 393 g/mol. The molecule has 2 heterocycles. The zero-order valence-corrected chi connectivity index (χ0v) is 18.3. The second-order valence-electron chi connectivity index (χ2n) is 8.65. The number of nitrogens with one attached hydrogen (secondary N) is 1. The third kappa shape index (κ3) is 5.76. The smallest absolute Gasteiger partial charge is 0.222 e. The maximum absolute atomic E-state index is 13.4. The van der Waals surface area contributed by atoms with Gasteiger partial charge in [0.2, 0.25) is 5.91 Å². The monoisotopic (exact) mass is 425 g/mol. The Bertz CT molecular complexity index is 881. The molecular formula is C25H32FN3O2. The van der Waals surface area contributed by atoms with Crippen molar-refractivity contribution in [2.75, 3.05) is 37.7 Å². The highest BCUT2D eigenvalue weighted by Gasteiger charge is 2.29. The lowest BCUT2D eigenvalue weighted by atomic mass is 10.0. The molecule has 0 unspecified atom stereocenters. The van der Waals surface area contributed by atoms with Crippen molar-refractivity contribution in [3.63, 3.8) is 0 Å². The number of hydrogen-bond donors (Lipinski definition) is 1. The molecule has 0 radical (unpaired) electrons. The van der Waals surface area contributed by atoms with Crippen LogP contribution in [0.1, 0.15) is 36.8 Å². The molecule has 0 bridgehead atoms. The van der Waals surface area contributed by atoms with Gasteiger partial charge in [-0.25, -0.2) is 4.39 Å². The lowest BCUT2D eigenvalue weighted by molar-refractivity contribution is -0.121. The van der Waals surface area contributed by atoms with E-state index in [-0.39, 0.29) is 17.8 Å². The highest BCUT2D eigenvalue weighted by molar-refractivity contribution is 5.77. The molecule has 1 atom stereocenters. The van der Waals surface area contributed by atoms with Crippen molar-refractivity contribution in [1.29, 1.82) is 0 Å². The molecule has 1 amide bonds. The standard InChI is InChI=1S/C25H32FN3O2/c1-19-5-10-23-24(15-19)31-18-22(29(23)17-20-6-8-21(26)9-7-20)16-25(30)27-11-4-14-28-12-2-3-13-28/h5-10,15,22H,2-4,11-14,16-18H2,1H3,(H,27,30)/t22-/m1/s1. The highest BCUT2D eigenvalue weighted by Crippen LogP contribution is 2.36. The number of carbonyl (C=O) groups excluding carboxylic acids is 1. The van der Waals surface area contributed by atoms with Gasteiger partial charge in [-0.1, -0.05) is 18.2 Å². The zero-order chi connectivity index (χ0) is 21.6. The number of likely N-dealkylation sites (tertiary alicyclic amines) is 1. The van der Waals surface area contributed by atoms with Crippen molar-refractivity contribution >= 4 is 11.6 Å². The van der Waals surface area contributed by atoms with Crippen molar-refractivity contribution in [1.82, 2.24) is 10.2 Å². The topological polar surface area (TPSA) is 44.8 Å². The number of nitrogens with zero attached hydrogens (tertiary/aromatic N) is 2. The third-order valence-electron chi connectivity index (χ3n) is 6.16. The van der Waals surface area contributed by atoms with Gasteiger partial charge in [0.25, 0.3) is 0 Å². The minimum Gasteiger partial charge on any atom is -0.489 e. The average Bonchev–Trinajstić information content (AvgIpc) is 3.28. The molecule has 1 fully saturated rings. The summed E-state index contributed by atoms with van der Waals surface area (Å²) in [5, 5.41) is 3.08. The van der Waals surface area contributed by atoms with E-state index in [4.69, 9.17) is 4.74 Å². The molecule has 2 aliphatic heterocycles. The summed E-state index contributed by atoms with van der Waals surface area (Å²) in [6.07, 6.45) is 3.93. The molecule has 2 aliphatic rings. The number of rotatable bonds is 8. The fourth-order valence-corrected chi connectivity index (χ4v) is 4.44. The van der Waals surface area contributed by atoms with E-state index in [0.717, 1.165) is 35.5 Å². The molecule has 0 aliphatic carbocycles. The highest BCUT2D eigenvalue weighted by atomic mass is 19.1. The Kier molecular flexibility index (Phi) is 7.07. The Balaban J connectivity index is 1.39. The van der Waals surface area contributed by atoms with Crippen LogP contribution in [-0.2, 0) is 11.3 Å². The van der Waals surface area contributed by atoms with Gasteiger partial charge in [0.1, 0.15) is 18.2 Å². The van der Waals surface area contributed by atoms with E-state index in [1.54, 1.807) is 12.1 Å². The van der Waals surface area contributed by atoms with Crippen LogP contribution in [0.2, 0.25) is 0 Å². The van der Waals surface area contributed by atoms with E-state index in [9.17, 15) is 9.18 Å². The summed E-state index contributed by atoms with van der Waals surface area (Å²) in [5.74, 6) is 0.644. The minimum absolute atomic E-state index is 0.0506. The van der Waals surface area contributed by atoms with Crippen molar-refractivity contribution in [3.05, 3.63) is 59.4 Å². The summed E-state index contributed by atoms with van der Waals surface area (Å²) < 4.78 is 19.4. The summed E-state index contributed by atoms with van der Waals surface area (Å²) in [5.41, 5.74) is 3.12. The molecule has 2 aromatic carbocycles. The van der Waals surface area contributed by atoms with Crippen molar-refractivity contribution in [3.8, 4) is 5.75 Å². The van der Waals surface area contributed by atoms with Crippen molar-refractivity contribution in [2.45, 2.75) is 45.2 Å². The summed E-state index contributed by atoms with van der Waals surface area (Å²) in [6, 6.07) is 12.6. The Morgan fingerprint density at radius 2 is 1.94 bits per heavy atom. The van der Waals surface area contributed by atoms with E-state index >= 15 is 0 Å². The molecule has 5 nitrogen and oxygen atoms in total. The number of amides is 1. The fraction of sp³-hybridized carbons (Fsp3) is 0.480. The van der Waals surface area contributed by atoms with Crippen molar-refractivity contribution in [2.24, 2.45) is 0 Å². The van der Waals surface area contributed by atoms with E-state index in [1.807, 2.05) is 19.1 Å². The van der Waals surface area contributed by atoms with Crippen LogP contribution >= 0.6 is 0 Å². The molecule has 0 saturated carbocycles. The number of benzene rings is 2. The van der Waals surface area contributed by atoms with Crippen LogP contribution < -0.4 is 15.0 Å². The average molecular weight is 426 g/mol. The zero-order valence-electron chi connectivity index (χ0n) is 18.3. The van der Waals surface area contributed by atoms with E-state index in [1.165, 1.54) is 38.1 Å². The molecule has 0 spiro atoms.